The molecule has 0 amide bonds. The van der Waals surface area contributed by atoms with Gasteiger partial charge in [-0.1, -0.05) is 6.07 Å². The van der Waals surface area contributed by atoms with Gasteiger partial charge in [-0.3, -0.25) is 0 Å². The number of nitrogens with two attached hydrogens (primary N) is 1. The monoisotopic (exact) mass is 284 g/mol. The van der Waals surface area contributed by atoms with E-state index in [0.717, 1.165) is 18.5 Å². The number of nitrogens with one attached hydrogen (secondary N) is 1. The highest BCUT2D eigenvalue weighted by Crippen LogP contribution is 2.26. The van der Waals surface area contributed by atoms with Crippen LogP contribution in [0.3, 0.4) is 0 Å². The van der Waals surface area contributed by atoms with Crippen LogP contribution >= 0.6 is 0 Å². The quantitative estimate of drug-likeness (QED) is 0.885. The molecule has 1 heterocycles. The van der Waals surface area contributed by atoms with E-state index in [1.165, 1.54) is 6.07 Å². The molecule has 0 radical (unpaired) electrons. The highest BCUT2D eigenvalue weighted by molar-refractivity contribution is 7.89. The van der Waals surface area contributed by atoms with Gasteiger partial charge in [0.1, 0.15) is 0 Å². The van der Waals surface area contributed by atoms with Crippen molar-refractivity contribution in [3.05, 3.63) is 24.3 Å². The molecule has 1 aromatic rings. The molecule has 1 aliphatic heterocycles. The molecule has 1 fully saturated rings. The number of ether oxygens (including phenoxy) is 1. The second-order valence-electron chi connectivity index (χ2n) is 5.52. The Labute approximate surface area is 114 Å². The van der Waals surface area contributed by atoms with Gasteiger partial charge in [-0.15, -0.1) is 0 Å². The lowest BCUT2D eigenvalue weighted by Crippen LogP contribution is -2.40. The van der Waals surface area contributed by atoms with E-state index in [9.17, 15) is 8.42 Å². The third-order valence-corrected chi connectivity index (χ3v) is 4.14. The fourth-order valence-electron chi connectivity index (χ4n) is 2.35. The summed E-state index contributed by atoms with van der Waals surface area (Å²) >= 11 is 0. The first-order valence-electron chi connectivity index (χ1n) is 6.30. The van der Waals surface area contributed by atoms with Crippen molar-refractivity contribution in [1.82, 2.24) is 0 Å². The Morgan fingerprint density at radius 1 is 1.42 bits per heavy atom. The normalized spacial score (nSPS) is 23.0. The van der Waals surface area contributed by atoms with Gasteiger partial charge in [0.2, 0.25) is 10.0 Å². The molecule has 1 unspecified atom stereocenters. The summed E-state index contributed by atoms with van der Waals surface area (Å²) in [5.41, 5.74) is 0.627. The molecule has 1 aliphatic rings. The summed E-state index contributed by atoms with van der Waals surface area (Å²) in [6, 6.07) is 6.87. The maximum Gasteiger partial charge on any atom is 0.238 e. The van der Waals surface area contributed by atoms with E-state index >= 15 is 0 Å². The zero-order chi connectivity index (χ0) is 14.1. The summed E-state index contributed by atoms with van der Waals surface area (Å²) < 4.78 is 28.3. The van der Waals surface area contributed by atoms with Crippen LogP contribution in [0.15, 0.2) is 29.2 Å². The number of anilines is 1. The first-order valence-corrected chi connectivity index (χ1v) is 7.84. The van der Waals surface area contributed by atoms with Crippen LogP contribution in [0.2, 0.25) is 0 Å². The number of rotatable bonds is 3. The molecular weight excluding hydrogens is 264 g/mol. The first-order chi connectivity index (χ1) is 8.76. The van der Waals surface area contributed by atoms with Gasteiger partial charge in [0, 0.05) is 18.3 Å². The molecule has 0 aliphatic carbocycles. The van der Waals surface area contributed by atoms with E-state index < -0.39 is 10.0 Å². The maximum atomic E-state index is 11.3. The lowest BCUT2D eigenvalue weighted by molar-refractivity contribution is -0.0553. The van der Waals surface area contributed by atoms with Crippen molar-refractivity contribution >= 4 is 15.7 Å². The predicted molar refractivity (Wildman–Crippen MR) is 74.5 cm³/mol. The van der Waals surface area contributed by atoms with E-state index in [2.05, 4.69) is 19.2 Å². The van der Waals surface area contributed by atoms with E-state index in [0.29, 0.717) is 6.61 Å². The van der Waals surface area contributed by atoms with Crippen LogP contribution < -0.4 is 10.5 Å². The van der Waals surface area contributed by atoms with Gasteiger partial charge in [-0.2, -0.15) is 0 Å². The van der Waals surface area contributed by atoms with Gasteiger partial charge in [0.15, 0.2) is 0 Å². The lowest BCUT2D eigenvalue weighted by atomic mass is 9.94. The second-order valence-corrected chi connectivity index (χ2v) is 7.08. The van der Waals surface area contributed by atoms with Crippen LogP contribution in [0.4, 0.5) is 5.69 Å². The Morgan fingerprint density at radius 2 is 2.16 bits per heavy atom. The Balaban J connectivity index is 2.11. The summed E-state index contributed by atoms with van der Waals surface area (Å²) in [4.78, 5) is 0.129. The average molecular weight is 284 g/mol. The molecule has 1 saturated heterocycles. The van der Waals surface area contributed by atoms with Crippen LogP contribution in [0, 0.1) is 0 Å². The maximum absolute atomic E-state index is 11.3. The molecule has 0 bridgehead atoms. The largest absolute Gasteiger partial charge is 0.382 e. The summed E-state index contributed by atoms with van der Waals surface area (Å²) in [5, 5.41) is 8.48. The minimum Gasteiger partial charge on any atom is -0.382 e. The van der Waals surface area contributed by atoms with Gasteiger partial charge >= 0.3 is 0 Å². The van der Waals surface area contributed by atoms with E-state index in [-0.39, 0.29) is 16.5 Å². The molecule has 3 N–H and O–H groups in total. The third kappa shape index (κ3) is 3.92. The highest BCUT2D eigenvalue weighted by Gasteiger charge is 2.28. The molecule has 19 heavy (non-hydrogen) atoms. The molecule has 0 aromatic heterocycles. The van der Waals surface area contributed by atoms with Gasteiger partial charge < -0.3 is 10.1 Å². The summed E-state index contributed by atoms with van der Waals surface area (Å²) in [7, 11) is -3.65. The van der Waals surface area contributed by atoms with Gasteiger partial charge in [0.25, 0.3) is 0 Å². The van der Waals surface area contributed by atoms with Crippen molar-refractivity contribution in [2.75, 3.05) is 11.9 Å². The topological polar surface area (TPSA) is 81.4 Å². The smallest absolute Gasteiger partial charge is 0.238 e. The predicted octanol–water partition coefficient (Wildman–Crippen LogP) is 1.70. The number of hydrogen-bond acceptors (Lipinski definition) is 4. The Morgan fingerprint density at radius 3 is 2.79 bits per heavy atom. The van der Waals surface area contributed by atoms with Gasteiger partial charge in [0.05, 0.1) is 10.5 Å². The van der Waals surface area contributed by atoms with Crippen molar-refractivity contribution in [2.24, 2.45) is 5.14 Å². The van der Waals surface area contributed by atoms with Crippen LogP contribution in [0.1, 0.15) is 26.7 Å². The van der Waals surface area contributed by atoms with Crippen LogP contribution in [0.5, 0.6) is 0 Å². The molecule has 1 aromatic carbocycles. The van der Waals surface area contributed by atoms with Crippen molar-refractivity contribution in [3.63, 3.8) is 0 Å². The van der Waals surface area contributed by atoms with E-state index in [1.807, 2.05) is 6.07 Å². The highest BCUT2D eigenvalue weighted by atomic mass is 32.2. The fourth-order valence-corrected chi connectivity index (χ4v) is 2.91. The number of benzene rings is 1. The Hall–Kier alpha value is -1.11. The minimum atomic E-state index is -3.65. The summed E-state index contributed by atoms with van der Waals surface area (Å²) in [6.45, 7) is 4.82. The third-order valence-electron chi connectivity index (χ3n) is 3.23. The lowest BCUT2D eigenvalue weighted by Gasteiger charge is -2.36. The Kier molecular flexibility index (Phi) is 3.85. The van der Waals surface area contributed by atoms with Gasteiger partial charge in [-0.05, 0) is 44.9 Å². The molecule has 1 atom stereocenters. The average Bonchev–Trinajstić information content (AvgIpc) is 2.26. The number of sulfonamides is 1. The van der Waals surface area contributed by atoms with Crippen molar-refractivity contribution in [3.8, 4) is 0 Å². The standard InChI is InChI=1S/C13H20N2O3S/c1-13(2)9-11(6-7-18-13)15-10-4-3-5-12(8-10)19(14,16)17/h3-5,8,11,15H,6-7,9H2,1-2H3,(H2,14,16,17). The van der Waals surface area contributed by atoms with Gasteiger partial charge in [-0.25, -0.2) is 13.6 Å². The summed E-state index contributed by atoms with van der Waals surface area (Å²) in [5.74, 6) is 0. The van der Waals surface area contributed by atoms with Crippen LogP contribution in [-0.2, 0) is 14.8 Å². The zero-order valence-electron chi connectivity index (χ0n) is 11.2. The first kappa shape index (κ1) is 14.3. The van der Waals surface area contributed by atoms with Crippen molar-refractivity contribution in [1.29, 1.82) is 0 Å². The molecule has 106 valence electrons. The fraction of sp³-hybridized carbons (Fsp3) is 0.538. The SMILES string of the molecule is CC1(C)CC(Nc2cccc(S(N)(=O)=O)c2)CCO1. The Bertz CT molecular complexity index is 555. The molecule has 5 nitrogen and oxygen atoms in total. The molecule has 2 rings (SSSR count). The minimum absolute atomic E-state index is 0.129. The number of primary sulfonamides is 1. The van der Waals surface area contributed by atoms with Crippen LogP contribution in [-0.4, -0.2) is 26.7 Å². The van der Waals surface area contributed by atoms with Crippen LogP contribution in [0.25, 0.3) is 0 Å². The summed E-state index contributed by atoms with van der Waals surface area (Å²) in [6.07, 6.45) is 1.79. The number of hydrogen-bond donors (Lipinski definition) is 2. The second kappa shape index (κ2) is 5.11. The zero-order valence-corrected chi connectivity index (χ0v) is 12.0. The van der Waals surface area contributed by atoms with Crippen molar-refractivity contribution < 1.29 is 13.2 Å². The molecule has 0 saturated carbocycles. The molecule has 6 heteroatoms. The molecule has 0 spiro atoms. The van der Waals surface area contributed by atoms with E-state index in [1.54, 1.807) is 12.1 Å². The van der Waals surface area contributed by atoms with E-state index in [4.69, 9.17) is 9.88 Å². The van der Waals surface area contributed by atoms with Crippen molar-refractivity contribution in [2.45, 2.75) is 43.2 Å². The molecular formula is C13H20N2O3S.